The molecule has 0 saturated carbocycles. The number of piperidine rings is 1. The van der Waals surface area contributed by atoms with Crippen LogP contribution in [0.1, 0.15) is 46.0 Å². The molecule has 7 nitrogen and oxygen atoms in total. The Labute approximate surface area is 187 Å². The molecule has 0 spiro atoms. The number of anilines is 1. The summed E-state index contributed by atoms with van der Waals surface area (Å²) in [5, 5.41) is 2.55. The fourth-order valence-corrected chi connectivity index (χ4v) is 3.89. The minimum Gasteiger partial charge on any atom is -0.378 e. The summed E-state index contributed by atoms with van der Waals surface area (Å²) in [4.78, 5) is 39.9. The first-order chi connectivity index (χ1) is 15.5. The fraction of sp³-hybridized carbons (Fsp3) is 0.375. The van der Waals surface area contributed by atoms with E-state index in [0.29, 0.717) is 42.9 Å². The Morgan fingerprint density at radius 2 is 1.91 bits per heavy atom. The van der Waals surface area contributed by atoms with Gasteiger partial charge in [-0.2, -0.15) is 0 Å². The lowest BCUT2D eigenvalue weighted by atomic mass is 10.0. The van der Waals surface area contributed by atoms with Gasteiger partial charge in [0, 0.05) is 26.7 Å². The highest BCUT2D eigenvalue weighted by Crippen LogP contribution is 2.23. The zero-order chi connectivity index (χ0) is 23.1. The molecule has 1 aliphatic rings. The first-order valence-corrected chi connectivity index (χ1v) is 10.7. The van der Waals surface area contributed by atoms with E-state index in [1.54, 1.807) is 29.2 Å². The Hall–Kier alpha value is -3.26. The molecule has 0 aliphatic carbocycles. The molecule has 0 aromatic heterocycles. The van der Waals surface area contributed by atoms with Crippen molar-refractivity contribution in [1.29, 1.82) is 0 Å². The number of carbonyl (C=O) groups excluding carboxylic acids is 3. The number of ether oxygens (including phenoxy) is 1. The molecule has 3 amide bonds. The van der Waals surface area contributed by atoms with E-state index >= 15 is 0 Å². The Morgan fingerprint density at radius 1 is 1.19 bits per heavy atom. The van der Waals surface area contributed by atoms with Crippen molar-refractivity contribution in [2.45, 2.75) is 32.4 Å². The van der Waals surface area contributed by atoms with Crippen molar-refractivity contribution >= 4 is 23.9 Å². The fourth-order valence-electron chi connectivity index (χ4n) is 3.89. The van der Waals surface area contributed by atoms with Gasteiger partial charge in [-0.1, -0.05) is 18.2 Å². The van der Waals surface area contributed by atoms with Crippen molar-refractivity contribution < 1.29 is 23.5 Å². The van der Waals surface area contributed by atoms with Gasteiger partial charge in [0.1, 0.15) is 5.82 Å². The van der Waals surface area contributed by atoms with Crippen LogP contribution in [0.2, 0.25) is 0 Å². The second kappa shape index (κ2) is 10.9. The van der Waals surface area contributed by atoms with Gasteiger partial charge in [0.05, 0.1) is 29.5 Å². The van der Waals surface area contributed by atoms with E-state index in [1.165, 1.54) is 30.1 Å². The summed E-state index contributed by atoms with van der Waals surface area (Å²) in [5.74, 6) is -1.30. The molecular weight excluding hydrogens is 413 g/mol. The number of hydrogen-bond acceptors (Lipinski definition) is 4. The van der Waals surface area contributed by atoms with E-state index in [4.69, 9.17) is 4.74 Å². The molecule has 1 saturated heterocycles. The topological polar surface area (TPSA) is 79.0 Å². The number of nitrogens with one attached hydrogen (secondary N) is 1. The van der Waals surface area contributed by atoms with Crippen LogP contribution in [0.5, 0.6) is 0 Å². The van der Waals surface area contributed by atoms with Gasteiger partial charge in [0.15, 0.2) is 0 Å². The van der Waals surface area contributed by atoms with Crippen molar-refractivity contribution in [1.82, 2.24) is 10.2 Å². The molecule has 8 heteroatoms. The third-order valence-corrected chi connectivity index (χ3v) is 5.56. The summed E-state index contributed by atoms with van der Waals surface area (Å²) < 4.78 is 20.1. The van der Waals surface area contributed by atoms with E-state index in [2.05, 4.69) is 5.32 Å². The van der Waals surface area contributed by atoms with Crippen LogP contribution in [0.4, 0.5) is 10.1 Å². The predicted octanol–water partition coefficient (Wildman–Crippen LogP) is 2.99. The molecule has 32 heavy (non-hydrogen) atoms. The predicted molar refractivity (Wildman–Crippen MR) is 119 cm³/mol. The number of para-hydroxylation sites is 1. The molecule has 1 heterocycles. The number of benzene rings is 2. The molecule has 2 aromatic rings. The van der Waals surface area contributed by atoms with E-state index in [9.17, 15) is 18.8 Å². The van der Waals surface area contributed by atoms with Gasteiger partial charge < -0.3 is 19.9 Å². The smallest absolute Gasteiger partial charge is 0.256 e. The molecule has 170 valence electrons. The Balaban J connectivity index is 1.79. The Bertz CT molecular complexity index is 973. The molecule has 1 fully saturated rings. The highest BCUT2D eigenvalue weighted by molar-refractivity contribution is 6.01. The second-order valence-electron chi connectivity index (χ2n) is 7.59. The molecule has 0 atom stereocenters. The summed E-state index contributed by atoms with van der Waals surface area (Å²) in [7, 11) is 1.51. The summed E-state index contributed by atoms with van der Waals surface area (Å²) in [6, 6.07) is 11.0. The van der Waals surface area contributed by atoms with Crippen molar-refractivity contribution in [2.24, 2.45) is 0 Å². The lowest BCUT2D eigenvalue weighted by Gasteiger charge is -2.32. The number of hydrogen-bond donors (Lipinski definition) is 1. The van der Waals surface area contributed by atoms with Gasteiger partial charge in [0.2, 0.25) is 6.41 Å². The van der Waals surface area contributed by atoms with Crippen LogP contribution in [-0.2, 0) is 16.1 Å². The van der Waals surface area contributed by atoms with Crippen molar-refractivity contribution in [3.63, 3.8) is 0 Å². The lowest BCUT2D eigenvalue weighted by molar-refractivity contribution is -0.107. The zero-order valence-corrected chi connectivity index (χ0v) is 18.3. The second-order valence-corrected chi connectivity index (χ2v) is 7.59. The molecule has 1 aliphatic heterocycles. The van der Waals surface area contributed by atoms with Crippen LogP contribution >= 0.6 is 0 Å². The largest absolute Gasteiger partial charge is 0.378 e. The first-order valence-electron chi connectivity index (χ1n) is 10.7. The molecular formula is C24H28FN3O4. The minimum absolute atomic E-state index is 0.0252. The third-order valence-electron chi connectivity index (χ3n) is 5.56. The SMILES string of the molecule is CCOC1CCN(C(=O)c2cc(CN(C=O)c3ccccc3C(=O)NC)ccc2F)CC1. The van der Waals surface area contributed by atoms with Crippen molar-refractivity contribution in [2.75, 3.05) is 31.6 Å². The van der Waals surface area contributed by atoms with Crippen LogP contribution in [0, 0.1) is 5.82 Å². The van der Waals surface area contributed by atoms with Crippen molar-refractivity contribution in [3.8, 4) is 0 Å². The highest BCUT2D eigenvalue weighted by Gasteiger charge is 2.26. The maximum Gasteiger partial charge on any atom is 0.256 e. The van der Waals surface area contributed by atoms with E-state index < -0.39 is 5.82 Å². The normalized spacial score (nSPS) is 14.2. The van der Waals surface area contributed by atoms with Crippen LogP contribution < -0.4 is 10.2 Å². The number of rotatable bonds is 8. The molecule has 2 aromatic carbocycles. The summed E-state index contributed by atoms with van der Waals surface area (Å²) >= 11 is 0. The Morgan fingerprint density at radius 3 is 2.56 bits per heavy atom. The molecule has 3 rings (SSSR count). The third kappa shape index (κ3) is 5.31. The maximum atomic E-state index is 14.5. The summed E-state index contributed by atoms with van der Waals surface area (Å²) in [6.45, 7) is 3.67. The number of nitrogens with zero attached hydrogens (tertiary/aromatic N) is 2. The lowest BCUT2D eigenvalue weighted by Crippen LogP contribution is -2.41. The van der Waals surface area contributed by atoms with Crippen molar-refractivity contribution in [3.05, 3.63) is 65.0 Å². The molecule has 1 N–H and O–H groups in total. The maximum absolute atomic E-state index is 14.5. The van der Waals surface area contributed by atoms with Gasteiger partial charge in [-0.3, -0.25) is 14.4 Å². The van der Waals surface area contributed by atoms with E-state index in [0.717, 1.165) is 12.8 Å². The summed E-state index contributed by atoms with van der Waals surface area (Å²) in [5.41, 5.74) is 1.33. The van der Waals surface area contributed by atoms with Gasteiger partial charge >= 0.3 is 0 Å². The average molecular weight is 442 g/mol. The zero-order valence-electron chi connectivity index (χ0n) is 18.3. The van der Waals surface area contributed by atoms with E-state index in [-0.39, 0.29) is 30.0 Å². The van der Waals surface area contributed by atoms with Crippen LogP contribution in [0.3, 0.4) is 0 Å². The van der Waals surface area contributed by atoms with Crippen LogP contribution in [0.15, 0.2) is 42.5 Å². The van der Waals surface area contributed by atoms with Crippen LogP contribution in [0.25, 0.3) is 0 Å². The number of likely N-dealkylation sites (tertiary alicyclic amines) is 1. The van der Waals surface area contributed by atoms with Gasteiger partial charge in [-0.15, -0.1) is 0 Å². The monoisotopic (exact) mass is 441 g/mol. The first kappa shape index (κ1) is 23.4. The minimum atomic E-state index is -0.603. The van der Waals surface area contributed by atoms with Gasteiger partial charge in [0.25, 0.3) is 11.8 Å². The standard InChI is InChI=1S/C24H28FN3O4/c1-3-32-18-10-12-27(13-11-18)24(31)20-14-17(8-9-21(20)25)15-28(16-29)22-7-5-4-6-19(22)23(30)26-2/h4-9,14,16,18H,3,10-13,15H2,1-2H3,(H,26,30). The summed E-state index contributed by atoms with van der Waals surface area (Å²) in [6.07, 6.45) is 2.18. The van der Waals surface area contributed by atoms with Gasteiger partial charge in [-0.05, 0) is 49.6 Å². The van der Waals surface area contributed by atoms with Gasteiger partial charge in [-0.25, -0.2) is 4.39 Å². The molecule has 0 radical (unpaired) electrons. The quantitative estimate of drug-likeness (QED) is 0.639. The number of amides is 3. The van der Waals surface area contributed by atoms with Crippen LogP contribution in [-0.4, -0.2) is 56.0 Å². The highest BCUT2D eigenvalue weighted by atomic mass is 19.1. The average Bonchev–Trinajstić information content (AvgIpc) is 2.83. The number of carbonyl (C=O) groups is 3. The van der Waals surface area contributed by atoms with E-state index in [1.807, 2.05) is 6.92 Å². The number of halogens is 1. The molecule has 0 bridgehead atoms. The molecule has 0 unspecified atom stereocenters. The Kier molecular flexibility index (Phi) is 7.94.